The second-order valence-electron chi connectivity index (χ2n) is 3.01. The highest BCUT2D eigenvalue weighted by atomic mass is 15.1. The molecule has 0 unspecified atom stereocenters. The van der Waals surface area contributed by atoms with Crippen LogP contribution < -0.4 is 5.73 Å². The summed E-state index contributed by atoms with van der Waals surface area (Å²) in [5, 5.41) is 0. The lowest BCUT2D eigenvalue weighted by Crippen LogP contribution is -2.25. The van der Waals surface area contributed by atoms with E-state index in [2.05, 4.69) is 9.89 Å². The van der Waals surface area contributed by atoms with Gasteiger partial charge < -0.3 is 10.6 Å². The van der Waals surface area contributed by atoms with E-state index in [0.717, 1.165) is 18.8 Å². The molecule has 0 amide bonds. The molecule has 3 heteroatoms. The maximum absolute atomic E-state index is 5.57. The molecule has 1 heterocycles. The first kappa shape index (κ1) is 8.53. The van der Waals surface area contributed by atoms with E-state index in [1.54, 1.807) is 7.05 Å². The first-order chi connectivity index (χ1) is 5.33. The molecule has 1 rings (SSSR count). The van der Waals surface area contributed by atoms with E-state index >= 15 is 0 Å². The van der Waals surface area contributed by atoms with Crippen LogP contribution in [0.3, 0.4) is 0 Å². The summed E-state index contributed by atoms with van der Waals surface area (Å²) < 4.78 is 0. The number of amidine groups is 1. The average molecular weight is 155 g/mol. The van der Waals surface area contributed by atoms with Crippen molar-refractivity contribution in [2.45, 2.75) is 19.3 Å². The van der Waals surface area contributed by atoms with Gasteiger partial charge in [0.25, 0.3) is 0 Å². The lowest BCUT2D eigenvalue weighted by Gasteiger charge is -2.13. The standard InChI is InChI=1S/C8H17N3/c1-10-8(9)4-7-11-5-2-3-6-11/h2-7H2,1H3,(H2,9,10). The monoisotopic (exact) mass is 155 g/mol. The van der Waals surface area contributed by atoms with Crippen molar-refractivity contribution in [3.05, 3.63) is 0 Å². The molecule has 0 aromatic rings. The summed E-state index contributed by atoms with van der Waals surface area (Å²) in [6.07, 6.45) is 3.63. The van der Waals surface area contributed by atoms with Gasteiger partial charge in [0.2, 0.25) is 0 Å². The van der Waals surface area contributed by atoms with Crippen molar-refractivity contribution in [1.82, 2.24) is 4.90 Å². The van der Waals surface area contributed by atoms with Crippen molar-refractivity contribution in [2.24, 2.45) is 10.7 Å². The van der Waals surface area contributed by atoms with Gasteiger partial charge in [-0.2, -0.15) is 0 Å². The van der Waals surface area contributed by atoms with Crippen molar-refractivity contribution in [1.29, 1.82) is 0 Å². The Morgan fingerprint density at radius 2 is 2.09 bits per heavy atom. The molecule has 0 spiro atoms. The van der Waals surface area contributed by atoms with Crippen molar-refractivity contribution in [2.75, 3.05) is 26.7 Å². The quantitative estimate of drug-likeness (QED) is 0.475. The molecule has 0 radical (unpaired) electrons. The Balaban J connectivity index is 2.11. The Morgan fingerprint density at radius 1 is 1.45 bits per heavy atom. The van der Waals surface area contributed by atoms with Gasteiger partial charge in [-0.3, -0.25) is 4.99 Å². The number of nitrogens with zero attached hydrogens (tertiary/aromatic N) is 2. The molecular weight excluding hydrogens is 138 g/mol. The summed E-state index contributed by atoms with van der Waals surface area (Å²) in [5.74, 6) is 0.775. The SMILES string of the molecule is CN=C(N)CCN1CCCC1. The Hall–Kier alpha value is -0.570. The first-order valence-corrected chi connectivity index (χ1v) is 4.26. The normalized spacial score (nSPS) is 21.0. The molecule has 0 aliphatic carbocycles. The van der Waals surface area contributed by atoms with Gasteiger partial charge in [0.05, 0.1) is 5.84 Å². The number of hydrogen-bond donors (Lipinski definition) is 1. The zero-order chi connectivity index (χ0) is 8.10. The fourth-order valence-corrected chi connectivity index (χ4v) is 1.39. The van der Waals surface area contributed by atoms with Crippen LogP contribution in [0.4, 0.5) is 0 Å². The van der Waals surface area contributed by atoms with Crippen LogP contribution in [0.25, 0.3) is 0 Å². The molecule has 1 aliphatic heterocycles. The van der Waals surface area contributed by atoms with Gasteiger partial charge >= 0.3 is 0 Å². The molecule has 2 N–H and O–H groups in total. The lowest BCUT2D eigenvalue weighted by molar-refractivity contribution is 0.349. The van der Waals surface area contributed by atoms with E-state index in [0.29, 0.717) is 0 Å². The highest BCUT2D eigenvalue weighted by Crippen LogP contribution is 2.06. The summed E-state index contributed by atoms with van der Waals surface area (Å²) in [4.78, 5) is 6.36. The second-order valence-corrected chi connectivity index (χ2v) is 3.01. The van der Waals surface area contributed by atoms with Crippen LogP contribution in [0, 0.1) is 0 Å². The smallest absolute Gasteiger partial charge is 0.0946 e. The Bertz CT molecular complexity index is 136. The van der Waals surface area contributed by atoms with Crippen LogP contribution >= 0.6 is 0 Å². The molecular formula is C8H17N3. The predicted octanol–water partition coefficient (Wildman–Crippen LogP) is 0.459. The highest BCUT2D eigenvalue weighted by Gasteiger charge is 2.10. The minimum absolute atomic E-state index is 0.775. The van der Waals surface area contributed by atoms with Gasteiger partial charge in [0, 0.05) is 20.0 Å². The highest BCUT2D eigenvalue weighted by molar-refractivity contribution is 5.80. The van der Waals surface area contributed by atoms with E-state index in [-0.39, 0.29) is 0 Å². The molecule has 0 aromatic carbocycles. The van der Waals surface area contributed by atoms with E-state index < -0.39 is 0 Å². The predicted molar refractivity (Wildman–Crippen MR) is 47.8 cm³/mol. The van der Waals surface area contributed by atoms with E-state index in [1.807, 2.05) is 0 Å². The molecule has 3 nitrogen and oxygen atoms in total. The van der Waals surface area contributed by atoms with Crippen molar-refractivity contribution < 1.29 is 0 Å². The van der Waals surface area contributed by atoms with Crippen LogP contribution in [0.2, 0.25) is 0 Å². The largest absolute Gasteiger partial charge is 0.387 e. The van der Waals surface area contributed by atoms with Crippen molar-refractivity contribution in [3.8, 4) is 0 Å². The van der Waals surface area contributed by atoms with E-state index in [9.17, 15) is 0 Å². The molecule has 0 aromatic heterocycles. The number of likely N-dealkylation sites (tertiary alicyclic amines) is 1. The van der Waals surface area contributed by atoms with Crippen LogP contribution in [0.15, 0.2) is 4.99 Å². The van der Waals surface area contributed by atoms with Crippen LogP contribution in [-0.2, 0) is 0 Å². The average Bonchev–Trinajstić information content (AvgIpc) is 2.52. The number of nitrogens with two attached hydrogens (primary N) is 1. The minimum Gasteiger partial charge on any atom is -0.387 e. The zero-order valence-electron chi connectivity index (χ0n) is 7.21. The number of aliphatic imine (C=N–C) groups is 1. The summed E-state index contributed by atoms with van der Waals surface area (Å²) in [6.45, 7) is 3.58. The fourth-order valence-electron chi connectivity index (χ4n) is 1.39. The molecule has 0 bridgehead atoms. The van der Waals surface area contributed by atoms with Crippen LogP contribution in [0.5, 0.6) is 0 Å². The Kier molecular flexibility index (Phi) is 3.36. The lowest BCUT2D eigenvalue weighted by atomic mass is 10.4. The second kappa shape index (κ2) is 4.34. The molecule has 0 saturated carbocycles. The van der Waals surface area contributed by atoms with E-state index in [4.69, 9.17) is 5.73 Å². The van der Waals surface area contributed by atoms with Crippen molar-refractivity contribution >= 4 is 5.84 Å². The molecule has 0 atom stereocenters. The molecule has 11 heavy (non-hydrogen) atoms. The molecule has 1 fully saturated rings. The maximum atomic E-state index is 5.57. The summed E-state index contributed by atoms with van der Waals surface area (Å²) in [6, 6.07) is 0. The zero-order valence-corrected chi connectivity index (χ0v) is 7.21. The third-order valence-electron chi connectivity index (χ3n) is 2.17. The van der Waals surface area contributed by atoms with Gasteiger partial charge in [-0.15, -0.1) is 0 Å². The molecule has 1 saturated heterocycles. The third-order valence-corrected chi connectivity index (χ3v) is 2.17. The number of hydrogen-bond acceptors (Lipinski definition) is 2. The third kappa shape index (κ3) is 2.89. The van der Waals surface area contributed by atoms with Gasteiger partial charge in [-0.1, -0.05) is 0 Å². The summed E-state index contributed by atoms with van der Waals surface area (Å²) in [7, 11) is 1.75. The molecule has 64 valence electrons. The fraction of sp³-hybridized carbons (Fsp3) is 0.875. The van der Waals surface area contributed by atoms with E-state index in [1.165, 1.54) is 25.9 Å². The van der Waals surface area contributed by atoms with Crippen molar-refractivity contribution in [3.63, 3.8) is 0 Å². The van der Waals surface area contributed by atoms with Gasteiger partial charge in [-0.25, -0.2) is 0 Å². The first-order valence-electron chi connectivity index (χ1n) is 4.26. The Morgan fingerprint density at radius 3 is 2.64 bits per heavy atom. The summed E-state index contributed by atoms with van der Waals surface area (Å²) in [5.41, 5.74) is 5.57. The topological polar surface area (TPSA) is 41.6 Å². The molecule has 1 aliphatic rings. The summed E-state index contributed by atoms with van der Waals surface area (Å²) >= 11 is 0. The Labute approximate surface area is 68.3 Å². The minimum atomic E-state index is 0.775. The van der Waals surface area contributed by atoms with Gasteiger partial charge in [0.15, 0.2) is 0 Å². The van der Waals surface area contributed by atoms with Crippen LogP contribution in [0.1, 0.15) is 19.3 Å². The van der Waals surface area contributed by atoms with Gasteiger partial charge in [-0.05, 0) is 25.9 Å². The number of rotatable bonds is 3. The van der Waals surface area contributed by atoms with Crippen LogP contribution in [-0.4, -0.2) is 37.4 Å². The van der Waals surface area contributed by atoms with Gasteiger partial charge in [0.1, 0.15) is 0 Å². The maximum Gasteiger partial charge on any atom is 0.0946 e.